The van der Waals surface area contributed by atoms with Crippen molar-refractivity contribution in [1.82, 2.24) is 9.55 Å². The number of aryl methyl sites for hydroxylation is 1. The number of hydrogen-bond donors (Lipinski definition) is 1. The molecule has 0 spiro atoms. The van der Waals surface area contributed by atoms with Crippen molar-refractivity contribution in [3.05, 3.63) is 40.6 Å². The van der Waals surface area contributed by atoms with Gasteiger partial charge in [-0.1, -0.05) is 23.2 Å². The number of hydrogen-bond acceptors (Lipinski definition) is 2. The standard InChI is InChI=1S/C12H13Cl2N3/c13-10-6-9(7-11(14)8-10)12-16-3-5-17(12)4-1-2-15/h3,5-8H,1-2,4,15H2. The fourth-order valence-electron chi connectivity index (χ4n) is 1.69. The van der Waals surface area contributed by atoms with E-state index < -0.39 is 0 Å². The molecule has 0 aliphatic heterocycles. The predicted octanol–water partition coefficient (Wildman–Crippen LogP) is 3.21. The maximum atomic E-state index is 5.98. The molecule has 0 amide bonds. The second-order valence-electron chi connectivity index (χ2n) is 3.74. The first-order chi connectivity index (χ1) is 8.20. The van der Waals surface area contributed by atoms with Crippen molar-refractivity contribution in [2.24, 2.45) is 5.73 Å². The third-order valence-electron chi connectivity index (χ3n) is 2.44. The predicted molar refractivity (Wildman–Crippen MR) is 71.4 cm³/mol. The normalized spacial score (nSPS) is 10.8. The van der Waals surface area contributed by atoms with Gasteiger partial charge in [0.2, 0.25) is 0 Å². The van der Waals surface area contributed by atoms with Crippen LogP contribution in [0.1, 0.15) is 6.42 Å². The summed E-state index contributed by atoms with van der Waals surface area (Å²) in [4.78, 5) is 4.33. The molecule has 2 N–H and O–H groups in total. The first-order valence-electron chi connectivity index (χ1n) is 5.38. The summed E-state index contributed by atoms with van der Waals surface area (Å²) in [5.74, 6) is 0.864. The van der Waals surface area contributed by atoms with E-state index in [1.165, 1.54) is 0 Å². The molecular weight excluding hydrogens is 257 g/mol. The van der Waals surface area contributed by atoms with Crippen molar-refractivity contribution in [2.45, 2.75) is 13.0 Å². The smallest absolute Gasteiger partial charge is 0.139 e. The molecule has 0 atom stereocenters. The largest absolute Gasteiger partial charge is 0.331 e. The minimum atomic E-state index is 0.612. The van der Waals surface area contributed by atoms with E-state index in [0.717, 1.165) is 24.4 Å². The van der Waals surface area contributed by atoms with Gasteiger partial charge >= 0.3 is 0 Å². The highest BCUT2D eigenvalue weighted by atomic mass is 35.5. The zero-order chi connectivity index (χ0) is 12.3. The van der Waals surface area contributed by atoms with Gasteiger partial charge in [0.05, 0.1) is 0 Å². The van der Waals surface area contributed by atoms with Gasteiger partial charge in [-0.2, -0.15) is 0 Å². The number of rotatable bonds is 4. The quantitative estimate of drug-likeness (QED) is 0.927. The maximum absolute atomic E-state index is 5.98. The average Bonchev–Trinajstić information content (AvgIpc) is 2.73. The van der Waals surface area contributed by atoms with Crippen LogP contribution in [-0.4, -0.2) is 16.1 Å². The summed E-state index contributed by atoms with van der Waals surface area (Å²) in [6.07, 6.45) is 4.61. The van der Waals surface area contributed by atoms with Crippen molar-refractivity contribution in [3.8, 4) is 11.4 Å². The van der Waals surface area contributed by atoms with E-state index in [1.54, 1.807) is 12.3 Å². The Balaban J connectivity index is 2.35. The number of benzene rings is 1. The van der Waals surface area contributed by atoms with Gasteiger partial charge in [0.1, 0.15) is 5.82 Å². The van der Waals surface area contributed by atoms with E-state index in [2.05, 4.69) is 9.55 Å². The second kappa shape index (κ2) is 5.54. The number of halogens is 2. The Morgan fingerprint density at radius 2 is 1.88 bits per heavy atom. The lowest BCUT2D eigenvalue weighted by Gasteiger charge is -2.07. The van der Waals surface area contributed by atoms with Crippen LogP contribution in [0.25, 0.3) is 11.4 Å². The molecule has 3 nitrogen and oxygen atoms in total. The van der Waals surface area contributed by atoms with Gasteiger partial charge < -0.3 is 10.3 Å². The van der Waals surface area contributed by atoms with Crippen LogP contribution in [0.5, 0.6) is 0 Å². The van der Waals surface area contributed by atoms with E-state index in [-0.39, 0.29) is 0 Å². The molecule has 0 saturated carbocycles. The summed E-state index contributed by atoms with van der Waals surface area (Å²) in [6, 6.07) is 5.42. The monoisotopic (exact) mass is 269 g/mol. The summed E-state index contributed by atoms with van der Waals surface area (Å²) in [7, 11) is 0. The van der Waals surface area contributed by atoms with Crippen LogP contribution >= 0.6 is 23.2 Å². The van der Waals surface area contributed by atoms with Gasteiger partial charge in [-0.05, 0) is 31.2 Å². The molecule has 0 aliphatic rings. The highest BCUT2D eigenvalue weighted by Gasteiger charge is 2.07. The third kappa shape index (κ3) is 3.00. The van der Waals surface area contributed by atoms with Gasteiger partial charge in [0.15, 0.2) is 0 Å². The number of nitrogens with zero attached hydrogens (tertiary/aromatic N) is 2. The van der Waals surface area contributed by atoms with Crippen LogP contribution in [0.3, 0.4) is 0 Å². The van der Waals surface area contributed by atoms with E-state index in [0.29, 0.717) is 16.6 Å². The van der Waals surface area contributed by atoms with Gasteiger partial charge in [0, 0.05) is 34.5 Å². The molecule has 0 unspecified atom stereocenters. The van der Waals surface area contributed by atoms with Crippen LogP contribution < -0.4 is 5.73 Å². The van der Waals surface area contributed by atoms with Gasteiger partial charge in [-0.25, -0.2) is 4.98 Å². The van der Waals surface area contributed by atoms with Crippen LogP contribution in [0.15, 0.2) is 30.6 Å². The van der Waals surface area contributed by atoms with Crippen LogP contribution in [0, 0.1) is 0 Å². The molecule has 0 aliphatic carbocycles. The fourth-order valence-corrected chi connectivity index (χ4v) is 2.22. The zero-order valence-corrected chi connectivity index (χ0v) is 10.7. The zero-order valence-electron chi connectivity index (χ0n) is 9.24. The molecule has 90 valence electrons. The highest BCUT2D eigenvalue weighted by Crippen LogP contribution is 2.26. The third-order valence-corrected chi connectivity index (χ3v) is 2.88. The molecule has 1 heterocycles. The summed E-state index contributed by atoms with van der Waals surface area (Å²) >= 11 is 12.0. The topological polar surface area (TPSA) is 43.8 Å². The Morgan fingerprint density at radius 1 is 1.18 bits per heavy atom. The molecule has 2 rings (SSSR count). The SMILES string of the molecule is NCCCn1ccnc1-c1cc(Cl)cc(Cl)c1. The fraction of sp³-hybridized carbons (Fsp3) is 0.250. The minimum Gasteiger partial charge on any atom is -0.331 e. The second-order valence-corrected chi connectivity index (χ2v) is 4.62. The lowest BCUT2D eigenvalue weighted by atomic mass is 10.2. The summed E-state index contributed by atoms with van der Waals surface area (Å²) in [6.45, 7) is 1.50. The molecule has 17 heavy (non-hydrogen) atoms. The van der Waals surface area contributed by atoms with Crippen molar-refractivity contribution in [3.63, 3.8) is 0 Å². The molecule has 5 heteroatoms. The number of aromatic nitrogens is 2. The summed E-state index contributed by atoms with van der Waals surface area (Å²) in [5, 5.41) is 1.22. The van der Waals surface area contributed by atoms with Gasteiger partial charge in [0.25, 0.3) is 0 Å². The molecule has 1 aromatic heterocycles. The molecular formula is C12H13Cl2N3. The Bertz CT molecular complexity index is 488. The maximum Gasteiger partial charge on any atom is 0.139 e. The van der Waals surface area contributed by atoms with Crippen LogP contribution in [0.2, 0.25) is 10.0 Å². The summed E-state index contributed by atoms with van der Waals surface area (Å²) in [5.41, 5.74) is 6.43. The summed E-state index contributed by atoms with van der Waals surface area (Å²) < 4.78 is 2.05. The molecule has 0 saturated heterocycles. The van der Waals surface area contributed by atoms with Gasteiger partial charge in [-0.15, -0.1) is 0 Å². The molecule has 0 fully saturated rings. The molecule has 1 aromatic carbocycles. The molecule has 2 aromatic rings. The van der Waals surface area contributed by atoms with Crippen molar-refractivity contribution in [1.29, 1.82) is 0 Å². The lowest BCUT2D eigenvalue weighted by molar-refractivity contribution is 0.656. The number of nitrogens with two attached hydrogens (primary N) is 1. The van der Waals surface area contributed by atoms with Crippen LogP contribution in [-0.2, 0) is 6.54 Å². The Morgan fingerprint density at radius 3 is 2.53 bits per heavy atom. The van der Waals surface area contributed by atoms with Crippen LogP contribution in [0.4, 0.5) is 0 Å². The first-order valence-corrected chi connectivity index (χ1v) is 6.14. The Hall–Kier alpha value is -1.03. The van der Waals surface area contributed by atoms with E-state index in [9.17, 15) is 0 Å². The first kappa shape index (κ1) is 12.4. The highest BCUT2D eigenvalue weighted by molar-refractivity contribution is 6.35. The van der Waals surface area contributed by atoms with E-state index >= 15 is 0 Å². The minimum absolute atomic E-state index is 0.612. The van der Waals surface area contributed by atoms with E-state index in [4.69, 9.17) is 28.9 Å². The molecule has 0 radical (unpaired) electrons. The lowest BCUT2D eigenvalue weighted by Crippen LogP contribution is -2.06. The van der Waals surface area contributed by atoms with Crippen molar-refractivity contribution < 1.29 is 0 Å². The average molecular weight is 270 g/mol. The number of imidazole rings is 1. The molecule has 0 bridgehead atoms. The van der Waals surface area contributed by atoms with Gasteiger partial charge in [-0.3, -0.25) is 0 Å². The Kier molecular flexibility index (Phi) is 4.05. The Labute approximate surface area is 110 Å². The van der Waals surface area contributed by atoms with Crippen molar-refractivity contribution in [2.75, 3.05) is 6.54 Å². The van der Waals surface area contributed by atoms with E-state index in [1.807, 2.05) is 18.3 Å². The van der Waals surface area contributed by atoms with Crippen molar-refractivity contribution >= 4 is 23.2 Å².